The Hall–Kier alpha value is -2.09. The van der Waals surface area contributed by atoms with Crippen molar-refractivity contribution < 1.29 is 22.3 Å². The van der Waals surface area contributed by atoms with Crippen LogP contribution in [0, 0.1) is 0 Å². The van der Waals surface area contributed by atoms with Crippen LogP contribution in [-0.4, -0.2) is 23.1 Å². The lowest BCUT2D eigenvalue weighted by molar-refractivity contribution is -0.274. The molecule has 0 amide bonds. The number of alkyl halides is 3. The van der Waals surface area contributed by atoms with Crippen molar-refractivity contribution >= 4 is 0 Å². The zero-order valence-corrected chi connectivity index (χ0v) is 11.4. The van der Waals surface area contributed by atoms with Crippen LogP contribution in [-0.2, 0) is 0 Å². The zero-order chi connectivity index (χ0) is 15.5. The lowest BCUT2D eigenvalue weighted by Gasteiger charge is -2.08. The Labute approximate surface area is 119 Å². The van der Waals surface area contributed by atoms with Gasteiger partial charge in [-0.2, -0.15) is 0 Å². The first-order valence-corrected chi connectivity index (χ1v) is 6.32. The van der Waals surface area contributed by atoms with E-state index in [9.17, 15) is 13.2 Å². The fourth-order valence-corrected chi connectivity index (χ4v) is 1.72. The second-order valence-electron chi connectivity index (χ2n) is 4.30. The number of ether oxygens (including phenoxy) is 1. The highest BCUT2D eigenvalue weighted by Gasteiger charge is 2.31. The first-order valence-electron chi connectivity index (χ1n) is 6.32. The highest BCUT2D eigenvalue weighted by Crippen LogP contribution is 2.26. The number of hydrogen-bond donors (Lipinski definition) is 1. The Morgan fingerprint density at radius 2 is 1.90 bits per heavy atom. The van der Waals surface area contributed by atoms with Crippen LogP contribution in [0.2, 0.25) is 0 Å². The molecule has 1 unspecified atom stereocenters. The summed E-state index contributed by atoms with van der Waals surface area (Å²) in [4.78, 5) is 0. The van der Waals surface area contributed by atoms with Crippen molar-refractivity contribution in [1.82, 2.24) is 15.5 Å². The second kappa shape index (κ2) is 6.13. The molecular weight excluding hydrogens is 287 g/mol. The first kappa shape index (κ1) is 15.3. The lowest BCUT2D eigenvalue weighted by atomic mass is 10.2. The molecule has 0 bridgehead atoms. The monoisotopic (exact) mass is 301 g/mol. The quantitative estimate of drug-likeness (QED) is 0.918. The van der Waals surface area contributed by atoms with Crippen LogP contribution in [0.15, 0.2) is 28.7 Å². The van der Waals surface area contributed by atoms with Crippen molar-refractivity contribution in [3.63, 3.8) is 0 Å². The average molecular weight is 301 g/mol. The van der Waals surface area contributed by atoms with Crippen LogP contribution in [0.3, 0.4) is 0 Å². The lowest BCUT2D eigenvalue weighted by Crippen LogP contribution is -2.17. The minimum atomic E-state index is -4.71. The van der Waals surface area contributed by atoms with E-state index in [0.29, 0.717) is 11.5 Å². The summed E-state index contributed by atoms with van der Waals surface area (Å²) in [5.74, 6) is 0.364. The Balaban J connectivity index is 2.12. The largest absolute Gasteiger partial charge is 0.573 e. The highest BCUT2D eigenvalue weighted by atomic mass is 19.4. The van der Waals surface area contributed by atoms with Crippen molar-refractivity contribution in [2.45, 2.75) is 26.3 Å². The van der Waals surface area contributed by atoms with Crippen LogP contribution >= 0.6 is 0 Å². The van der Waals surface area contributed by atoms with Gasteiger partial charge in [-0.1, -0.05) is 6.92 Å². The fourth-order valence-electron chi connectivity index (χ4n) is 1.72. The molecule has 5 nitrogen and oxygen atoms in total. The van der Waals surface area contributed by atoms with Gasteiger partial charge in [0.25, 0.3) is 0 Å². The fraction of sp³-hybridized carbons (Fsp3) is 0.385. The molecule has 8 heteroatoms. The van der Waals surface area contributed by atoms with Gasteiger partial charge in [0, 0.05) is 5.56 Å². The van der Waals surface area contributed by atoms with E-state index in [0.717, 1.165) is 6.54 Å². The molecule has 21 heavy (non-hydrogen) atoms. The number of rotatable bonds is 5. The minimum Gasteiger partial charge on any atom is -0.419 e. The molecule has 1 atom stereocenters. The van der Waals surface area contributed by atoms with Crippen LogP contribution in [0.1, 0.15) is 25.8 Å². The molecule has 0 saturated carbocycles. The summed E-state index contributed by atoms with van der Waals surface area (Å²) < 4.78 is 45.4. The van der Waals surface area contributed by atoms with Crippen molar-refractivity contribution in [2.24, 2.45) is 0 Å². The van der Waals surface area contributed by atoms with Gasteiger partial charge in [0.15, 0.2) is 0 Å². The number of aromatic nitrogens is 2. The van der Waals surface area contributed by atoms with E-state index < -0.39 is 6.36 Å². The van der Waals surface area contributed by atoms with Crippen molar-refractivity contribution in [3.05, 3.63) is 30.2 Å². The molecule has 0 spiro atoms. The SMILES string of the molecule is CCNC(C)c1nnc(-c2ccc(OC(F)(F)F)cc2)o1. The topological polar surface area (TPSA) is 60.2 Å². The second-order valence-corrected chi connectivity index (χ2v) is 4.30. The molecule has 0 fully saturated rings. The molecule has 1 aromatic carbocycles. The summed E-state index contributed by atoms with van der Waals surface area (Å²) in [6.45, 7) is 4.58. The number of halogens is 3. The molecule has 2 rings (SSSR count). The van der Waals surface area contributed by atoms with Gasteiger partial charge in [-0.15, -0.1) is 23.4 Å². The van der Waals surface area contributed by atoms with Crippen LogP contribution in [0.4, 0.5) is 13.2 Å². The van der Waals surface area contributed by atoms with Crippen molar-refractivity contribution in [3.8, 4) is 17.2 Å². The third kappa shape index (κ3) is 4.19. The van der Waals surface area contributed by atoms with Gasteiger partial charge in [0.05, 0.1) is 6.04 Å². The predicted octanol–water partition coefficient (Wildman–Crippen LogP) is 3.31. The number of benzene rings is 1. The molecule has 2 aromatic rings. The van der Waals surface area contributed by atoms with E-state index in [1.54, 1.807) is 0 Å². The van der Waals surface area contributed by atoms with E-state index in [1.807, 2.05) is 13.8 Å². The predicted molar refractivity (Wildman–Crippen MR) is 68.5 cm³/mol. The van der Waals surface area contributed by atoms with E-state index in [2.05, 4.69) is 20.3 Å². The molecule has 0 saturated heterocycles. The molecule has 1 heterocycles. The first-order chi connectivity index (χ1) is 9.89. The Kier molecular flexibility index (Phi) is 4.46. The summed E-state index contributed by atoms with van der Waals surface area (Å²) in [5.41, 5.74) is 0.520. The van der Waals surface area contributed by atoms with Gasteiger partial charge in [-0.3, -0.25) is 0 Å². The van der Waals surface area contributed by atoms with Gasteiger partial charge in [-0.25, -0.2) is 0 Å². The Bertz CT molecular complexity index is 581. The smallest absolute Gasteiger partial charge is 0.419 e. The van der Waals surface area contributed by atoms with Crippen molar-refractivity contribution in [2.75, 3.05) is 6.54 Å². The summed E-state index contributed by atoms with van der Waals surface area (Å²) in [5, 5.41) is 10.9. The average Bonchev–Trinajstić information content (AvgIpc) is 2.87. The van der Waals surface area contributed by atoms with E-state index >= 15 is 0 Å². The summed E-state index contributed by atoms with van der Waals surface area (Å²) in [7, 11) is 0. The standard InChI is InChI=1S/C13H14F3N3O2/c1-3-17-8(2)11-18-19-12(20-11)9-4-6-10(7-5-9)21-13(14,15)16/h4-8,17H,3H2,1-2H3. The Morgan fingerprint density at radius 1 is 1.24 bits per heavy atom. The molecule has 1 N–H and O–H groups in total. The number of nitrogens with one attached hydrogen (secondary N) is 1. The molecule has 0 aliphatic heterocycles. The van der Waals surface area contributed by atoms with Gasteiger partial charge in [0.2, 0.25) is 11.8 Å². The third-order valence-corrected chi connectivity index (χ3v) is 2.66. The van der Waals surface area contributed by atoms with Crippen LogP contribution in [0.25, 0.3) is 11.5 Å². The normalized spacial score (nSPS) is 13.2. The van der Waals surface area contributed by atoms with Gasteiger partial charge in [-0.05, 0) is 37.7 Å². The van der Waals surface area contributed by atoms with Crippen LogP contribution in [0.5, 0.6) is 5.75 Å². The molecule has 0 aliphatic rings. The molecule has 1 aromatic heterocycles. The summed E-state index contributed by atoms with van der Waals surface area (Å²) >= 11 is 0. The third-order valence-electron chi connectivity index (χ3n) is 2.66. The molecule has 0 aliphatic carbocycles. The molecule has 0 radical (unpaired) electrons. The van der Waals surface area contributed by atoms with Gasteiger partial charge >= 0.3 is 6.36 Å². The molecule has 114 valence electrons. The van der Waals surface area contributed by atoms with Gasteiger partial charge in [0.1, 0.15) is 5.75 Å². The molecular formula is C13H14F3N3O2. The van der Waals surface area contributed by atoms with Gasteiger partial charge < -0.3 is 14.5 Å². The number of nitrogens with zero attached hydrogens (tertiary/aromatic N) is 2. The number of hydrogen-bond acceptors (Lipinski definition) is 5. The van der Waals surface area contributed by atoms with E-state index in [-0.39, 0.29) is 17.7 Å². The van der Waals surface area contributed by atoms with Crippen molar-refractivity contribution in [1.29, 1.82) is 0 Å². The summed E-state index contributed by atoms with van der Waals surface area (Å²) in [6, 6.07) is 5.15. The van der Waals surface area contributed by atoms with E-state index in [1.165, 1.54) is 24.3 Å². The Morgan fingerprint density at radius 3 is 2.48 bits per heavy atom. The van der Waals surface area contributed by atoms with E-state index in [4.69, 9.17) is 4.42 Å². The highest BCUT2D eigenvalue weighted by molar-refractivity contribution is 5.54. The summed E-state index contributed by atoms with van der Waals surface area (Å²) in [6.07, 6.45) is -4.71. The minimum absolute atomic E-state index is 0.0934. The zero-order valence-electron chi connectivity index (χ0n) is 11.4. The maximum atomic E-state index is 12.1. The van der Waals surface area contributed by atoms with Crippen LogP contribution < -0.4 is 10.1 Å². The maximum Gasteiger partial charge on any atom is 0.573 e. The maximum absolute atomic E-state index is 12.1.